The molecule has 5 nitrogen and oxygen atoms in total. The Morgan fingerprint density at radius 3 is 2.52 bits per heavy atom. The van der Waals surface area contributed by atoms with Gasteiger partial charge in [-0.15, -0.1) is 0 Å². The normalized spacial score (nSPS) is 18.5. The highest BCUT2D eigenvalue weighted by molar-refractivity contribution is 5.83. The first-order valence-corrected chi connectivity index (χ1v) is 12.4. The van der Waals surface area contributed by atoms with Gasteiger partial charge in [0.05, 0.1) is 25.2 Å². The number of benzene rings is 2. The first-order valence-electron chi connectivity index (χ1n) is 12.4. The maximum atomic E-state index is 13.1. The lowest BCUT2D eigenvalue weighted by atomic mass is 9.99. The van der Waals surface area contributed by atoms with Gasteiger partial charge in [-0.25, -0.2) is 0 Å². The predicted molar refractivity (Wildman–Crippen MR) is 134 cm³/mol. The van der Waals surface area contributed by atoms with Crippen molar-refractivity contribution in [2.45, 2.75) is 52.0 Å². The highest BCUT2D eigenvalue weighted by Crippen LogP contribution is 2.22. The maximum absolute atomic E-state index is 13.1. The minimum atomic E-state index is -0.209. The van der Waals surface area contributed by atoms with Gasteiger partial charge in [-0.3, -0.25) is 4.79 Å². The van der Waals surface area contributed by atoms with Crippen molar-refractivity contribution < 1.29 is 14.3 Å². The molecule has 5 heteroatoms. The number of ether oxygens (including phenoxy) is 2. The summed E-state index contributed by atoms with van der Waals surface area (Å²) >= 11 is 0. The monoisotopic (exact) mass is 452 g/mol. The summed E-state index contributed by atoms with van der Waals surface area (Å²) in [5, 5.41) is 6.82. The van der Waals surface area contributed by atoms with E-state index in [9.17, 15) is 4.79 Å². The van der Waals surface area contributed by atoms with Crippen LogP contribution in [0.1, 0.15) is 63.1 Å². The van der Waals surface area contributed by atoms with Crippen LogP contribution in [0.2, 0.25) is 0 Å². The molecule has 0 spiro atoms. The summed E-state index contributed by atoms with van der Waals surface area (Å²) in [5.74, 6) is 1.79. The van der Waals surface area contributed by atoms with E-state index in [1.807, 2.05) is 49.4 Å². The minimum Gasteiger partial charge on any atom is -0.493 e. The van der Waals surface area contributed by atoms with E-state index in [0.29, 0.717) is 18.4 Å². The summed E-state index contributed by atoms with van der Waals surface area (Å²) in [6, 6.07) is 18.0. The second-order valence-corrected chi connectivity index (χ2v) is 9.36. The fourth-order valence-electron chi connectivity index (χ4n) is 4.23. The van der Waals surface area contributed by atoms with Crippen LogP contribution in [0.4, 0.5) is 0 Å². The van der Waals surface area contributed by atoms with Gasteiger partial charge in [-0.2, -0.15) is 0 Å². The van der Waals surface area contributed by atoms with Gasteiger partial charge in [-0.05, 0) is 54.9 Å². The Bertz CT molecular complexity index is 819. The van der Waals surface area contributed by atoms with Crippen LogP contribution in [-0.2, 0) is 9.53 Å². The van der Waals surface area contributed by atoms with Gasteiger partial charge in [-0.1, -0.05) is 62.7 Å². The van der Waals surface area contributed by atoms with Crippen LogP contribution in [0.5, 0.6) is 5.75 Å². The van der Waals surface area contributed by atoms with E-state index in [4.69, 9.17) is 9.47 Å². The first-order chi connectivity index (χ1) is 16.1. The first kappa shape index (κ1) is 25.3. The van der Waals surface area contributed by atoms with E-state index < -0.39 is 0 Å². The van der Waals surface area contributed by atoms with Crippen molar-refractivity contribution >= 4 is 5.91 Å². The second kappa shape index (κ2) is 13.4. The Labute approximate surface area is 199 Å². The average molecular weight is 453 g/mol. The number of nitrogens with one attached hydrogen (secondary N) is 2. The molecule has 2 aromatic carbocycles. The number of carbonyl (C=O) groups is 1. The molecule has 4 unspecified atom stereocenters. The van der Waals surface area contributed by atoms with E-state index in [1.165, 1.54) is 12.8 Å². The van der Waals surface area contributed by atoms with Crippen LogP contribution in [0.3, 0.4) is 0 Å². The molecule has 1 heterocycles. The van der Waals surface area contributed by atoms with Crippen LogP contribution in [-0.4, -0.2) is 38.8 Å². The van der Waals surface area contributed by atoms with Gasteiger partial charge in [0, 0.05) is 19.7 Å². The molecular weight excluding hydrogens is 412 g/mol. The zero-order valence-electron chi connectivity index (χ0n) is 20.4. The maximum Gasteiger partial charge on any atom is 0.227 e. The van der Waals surface area contributed by atoms with Crippen molar-refractivity contribution in [2.24, 2.45) is 11.8 Å². The second-order valence-electron chi connectivity index (χ2n) is 9.36. The molecule has 0 aliphatic carbocycles. The van der Waals surface area contributed by atoms with E-state index in [1.54, 1.807) is 0 Å². The van der Waals surface area contributed by atoms with Gasteiger partial charge in [0.15, 0.2) is 0 Å². The molecule has 0 radical (unpaired) electrons. The zero-order chi connectivity index (χ0) is 23.5. The molecule has 0 saturated carbocycles. The topological polar surface area (TPSA) is 59.6 Å². The summed E-state index contributed by atoms with van der Waals surface area (Å²) in [7, 11) is 0. The van der Waals surface area contributed by atoms with Gasteiger partial charge < -0.3 is 20.1 Å². The molecule has 4 atom stereocenters. The number of carbonyl (C=O) groups excluding carboxylic acids is 1. The molecule has 0 aromatic heterocycles. The van der Waals surface area contributed by atoms with Crippen molar-refractivity contribution in [2.75, 3.05) is 32.9 Å². The van der Waals surface area contributed by atoms with Crippen molar-refractivity contribution in [3.05, 3.63) is 65.7 Å². The molecule has 180 valence electrons. The lowest BCUT2D eigenvalue weighted by molar-refractivity contribution is -0.123. The van der Waals surface area contributed by atoms with E-state index >= 15 is 0 Å². The molecule has 2 aromatic rings. The molecule has 1 amide bonds. The largest absolute Gasteiger partial charge is 0.493 e. The summed E-state index contributed by atoms with van der Waals surface area (Å²) in [4.78, 5) is 13.1. The van der Waals surface area contributed by atoms with Crippen molar-refractivity contribution in [1.82, 2.24) is 10.6 Å². The quantitative estimate of drug-likeness (QED) is 0.444. The number of amides is 1. The van der Waals surface area contributed by atoms with Crippen LogP contribution in [0, 0.1) is 11.8 Å². The molecule has 0 bridgehead atoms. The third-order valence-corrected chi connectivity index (χ3v) is 6.41. The van der Waals surface area contributed by atoms with Gasteiger partial charge >= 0.3 is 0 Å². The lowest BCUT2D eigenvalue weighted by Gasteiger charge is -2.23. The minimum absolute atomic E-state index is 0.0333. The standard InChI is InChI=1S/C28H40N2O3/c1-4-8-21(2)19-33-26-13-11-25(12-14-26)27(18-29-17-23-15-16-32-20-23)30-28(31)22(3)24-9-6-5-7-10-24/h5-7,9-14,21-23,27,29H,4,8,15-20H2,1-3H3,(H,30,31). The summed E-state index contributed by atoms with van der Waals surface area (Å²) < 4.78 is 11.5. The van der Waals surface area contributed by atoms with Crippen molar-refractivity contribution in [1.29, 1.82) is 0 Å². The molecule has 2 N–H and O–H groups in total. The molecular formula is C28H40N2O3. The molecule has 33 heavy (non-hydrogen) atoms. The predicted octanol–water partition coefficient (Wildman–Crippen LogP) is 5.09. The number of rotatable bonds is 13. The van der Waals surface area contributed by atoms with Crippen LogP contribution < -0.4 is 15.4 Å². The Balaban J connectivity index is 1.63. The van der Waals surface area contributed by atoms with Gasteiger partial charge in [0.25, 0.3) is 0 Å². The van der Waals surface area contributed by atoms with Crippen LogP contribution in [0.25, 0.3) is 0 Å². The van der Waals surface area contributed by atoms with Crippen molar-refractivity contribution in [3.63, 3.8) is 0 Å². The third-order valence-electron chi connectivity index (χ3n) is 6.41. The smallest absolute Gasteiger partial charge is 0.227 e. The van der Waals surface area contributed by atoms with E-state index in [0.717, 1.165) is 49.7 Å². The SMILES string of the molecule is CCCC(C)COc1ccc(C(CNCC2CCOC2)NC(=O)C(C)c2ccccc2)cc1. The highest BCUT2D eigenvalue weighted by Gasteiger charge is 2.21. The Morgan fingerprint density at radius 2 is 1.85 bits per heavy atom. The third kappa shape index (κ3) is 8.17. The number of hydrogen-bond donors (Lipinski definition) is 2. The summed E-state index contributed by atoms with van der Waals surface area (Å²) in [6.07, 6.45) is 3.44. The molecule has 3 rings (SSSR count). The van der Waals surface area contributed by atoms with E-state index in [2.05, 4.69) is 36.6 Å². The zero-order valence-corrected chi connectivity index (χ0v) is 20.4. The molecule has 1 saturated heterocycles. The summed E-state index contributed by atoms with van der Waals surface area (Å²) in [5.41, 5.74) is 2.10. The number of hydrogen-bond acceptors (Lipinski definition) is 4. The average Bonchev–Trinajstić information content (AvgIpc) is 3.36. The van der Waals surface area contributed by atoms with Crippen molar-refractivity contribution in [3.8, 4) is 5.75 Å². The Hall–Kier alpha value is -2.37. The van der Waals surface area contributed by atoms with Gasteiger partial charge in [0.1, 0.15) is 5.75 Å². The fraction of sp³-hybridized carbons (Fsp3) is 0.536. The van der Waals surface area contributed by atoms with E-state index in [-0.39, 0.29) is 17.9 Å². The Kier molecular flexibility index (Phi) is 10.2. The highest BCUT2D eigenvalue weighted by atomic mass is 16.5. The fourth-order valence-corrected chi connectivity index (χ4v) is 4.23. The van der Waals surface area contributed by atoms with Crippen LogP contribution >= 0.6 is 0 Å². The van der Waals surface area contributed by atoms with Crippen LogP contribution in [0.15, 0.2) is 54.6 Å². The molecule has 1 aliphatic heterocycles. The summed E-state index contributed by atoms with van der Waals surface area (Å²) in [6.45, 7) is 10.3. The van der Waals surface area contributed by atoms with Gasteiger partial charge in [0.2, 0.25) is 5.91 Å². The molecule has 1 fully saturated rings. The molecule has 1 aliphatic rings. The Morgan fingerprint density at radius 1 is 1.09 bits per heavy atom. The lowest BCUT2D eigenvalue weighted by Crippen LogP contribution is -2.39.